The van der Waals surface area contributed by atoms with Gasteiger partial charge in [0.1, 0.15) is 0 Å². The molecule has 0 atom stereocenters. The Bertz CT molecular complexity index is 752. The Labute approximate surface area is 150 Å². The molecule has 0 saturated carbocycles. The molecule has 1 fully saturated rings. The van der Waals surface area contributed by atoms with E-state index in [1.807, 2.05) is 43.3 Å². The molecule has 1 saturated heterocycles. The van der Waals surface area contributed by atoms with Crippen molar-refractivity contribution in [1.29, 1.82) is 0 Å². The molecule has 2 heterocycles. The van der Waals surface area contributed by atoms with Crippen molar-refractivity contribution in [3.63, 3.8) is 0 Å². The molecule has 4 nitrogen and oxygen atoms in total. The van der Waals surface area contributed by atoms with E-state index in [0.29, 0.717) is 11.4 Å². The van der Waals surface area contributed by atoms with Crippen LogP contribution in [0.3, 0.4) is 0 Å². The fourth-order valence-electron chi connectivity index (χ4n) is 2.93. The minimum atomic E-state index is -1.91. The number of likely N-dealkylation sites (tertiary alicyclic amines) is 1. The van der Waals surface area contributed by atoms with Gasteiger partial charge >= 0.3 is 0 Å². The van der Waals surface area contributed by atoms with Gasteiger partial charge in [-0.05, 0) is 24.6 Å². The van der Waals surface area contributed by atoms with Crippen molar-refractivity contribution in [2.45, 2.75) is 32.0 Å². The van der Waals surface area contributed by atoms with Crippen LogP contribution in [0, 0.1) is 6.92 Å². The van der Waals surface area contributed by atoms with Gasteiger partial charge in [0.2, 0.25) is 0 Å². The Morgan fingerprint density at radius 2 is 1.84 bits per heavy atom. The number of nitrogens with zero attached hydrogens (tertiary/aromatic N) is 1. The molecule has 1 aliphatic rings. The van der Waals surface area contributed by atoms with Crippen LogP contribution in [0.4, 0.5) is 4.39 Å². The maximum Gasteiger partial charge on any atom is 0.263 e. The average molecular weight is 360 g/mol. The summed E-state index contributed by atoms with van der Waals surface area (Å²) >= 11 is 1.44. The summed E-state index contributed by atoms with van der Waals surface area (Å²) in [4.78, 5) is 28.0. The molecule has 1 N–H and O–H groups in total. The van der Waals surface area contributed by atoms with E-state index in [0.717, 1.165) is 10.4 Å². The maximum absolute atomic E-state index is 15.0. The molecule has 25 heavy (non-hydrogen) atoms. The lowest BCUT2D eigenvalue weighted by Gasteiger charge is -2.35. The number of aryl methyl sites for hydroxylation is 1. The van der Waals surface area contributed by atoms with Gasteiger partial charge in [0.15, 0.2) is 5.67 Å². The Morgan fingerprint density at radius 1 is 1.16 bits per heavy atom. The first-order chi connectivity index (χ1) is 12.0. The Morgan fingerprint density at radius 3 is 2.44 bits per heavy atom. The van der Waals surface area contributed by atoms with Crippen molar-refractivity contribution >= 4 is 23.2 Å². The molecule has 132 valence electrons. The fraction of sp³-hybridized carbons (Fsp3) is 0.368. The molecule has 6 heteroatoms. The van der Waals surface area contributed by atoms with Gasteiger partial charge in [-0.1, -0.05) is 30.3 Å². The van der Waals surface area contributed by atoms with E-state index in [2.05, 4.69) is 5.32 Å². The van der Waals surface area contributed by atoms with Crippen molar-refractivity contribution in [2.75, 3.05) is 13.1 Å². The second kappa shape index (κ2) is 7.35. The summed E-state index contributed by atoms with van der Waals surface area (Å²) in [6.07, 6.45) is 0.0629. The lowest BCUT2D eigenvalue weighted by Crippen LogP contribution is -2.52. The largest absolute Gasteiger partial charge is 0.349 e. The summed E-state index contributed by atoms with van der Waals surface area (Å²) in [7, 11) is 0. The molecule has 0 spiro atoms. The van der Waals surface area contributed by atoms with E-state index in [-0.39, 0.29) is 31.8 Å². The number of nitrogens with one attached hydrogen (secondary N) is 1. The highest BCUT2D eigenvalue weighted by Crippen LogP contribution is 2.28. The Balaban J connectivity index is 1.54. The average Bonchev–Trinajstić information content (AvgIpc) is 3.07. The number of hydrogen-bond acceptors (Lipinski definition) is 3. The maximum atomic E-state index is 15.0. The first kappa shape index (κ1) is 17.6. The zero-order valence-corrected chi connectivity index (χ0v) is 14.9. The number of thiophene rings is 1. The number of amides is 2. The van der Waals surface area contributed by atoms with Gasteiger partial charge in [0, 0.05) is 37.4 Å². The lowest BCUT2D eigenvalue weighted by molar-refractivity contribution is -0.135. The van der Waals surface area contributed by atoms with Crippen LogP contribution in [-0.4, -0.2) is 35.5 Å². The monoisotopic (exact) mass is 360 g/mol. The summed E-state index contributed by atoms with van der Waals surface area (Å²) in [5.74, 6) is -0.666. The van der Waals surface area contributed by atoms with Gasteiger partial charge in [-0.15, -0.1) is 11.3 Å². The third kappa shape index (κ3) is 4.07. The van der Waals surface area contributed by atoms with Crippen LogP contribution < -0.4 is 5.32 Å². The number of carbonyl (C=O) groups excluding carboxylic acids is 2. The van der Waals surface area contributed by atoms with E-state index < -0.39 is 11.6 Å². The van der Waals surface area contributed by atoms with E-state index in [9.17, 15) is 14.0 Å². The summed E-state index contributed by atoms with van der Waals surface area (Å²) in [6, 6.07) is 13.1. The minimum absolute atomic E-state index is 0.0315. The van der Waals surface area contributed by atoms with Crippen LogP contribution in [-0.2, 0) is 11.3 Å². The Kier molecular flexibility index (Phi) is 5.18. The number of hydrogen-bond donors (Lipinski definition) is 1. The third-order valence-corrected chi connectivity index (χ3v) is 5.49. The van der Waals surface area contributed by atoms with Crippen LogP contribution in [0.2, 0.25) is 0 Å². The van der Waals surface area contributed by atoms with Crippen LogP contribution in [0.15, 0.2) is 42.5 Å². The van der Waals surface area contributed by atoms with Crippen LogP contribution in [0.1, 0.15) is 33.0 Å². The SMILES string of the molecule is Cc1ccc(C(=O)N2CCC(F)(C(=O)NCc3ccccc3)CC2)s1. The highest BCUT2D eigenvalue weighted by molar-refractivity contribution is 7.13. The smallest absolute Gasteiger partial charge is 0.263 e. The topological polar surface area (TPSA) is 49.4 Å². The van der Waals surface area contributed by atoms with Gasteiger partial charge in [-0.25, -0.2) is 4.39 Å². The van der Waals surface area contributed by atoms with E-state index >= 15 is 0 Å². The number of halogens is 1. The predicted octanol–water partition coefficient (Wildman–Crippen LogP) is 3.32. The molecule has 0 radical (unpaired) electrons. The number of benzene rings is 1. The number of carbonyl (C=O) groups is 2. The van der Waals surface area contributed by atoms with Crippen LogP contribution in [0.25, 0.3) is 0 Å². The quantitative estimate of drug-likeness (QED) is 0.909. The molecule has 1 aromatic carbocycles. The van der Waals surface area contributed by atoms with Crippen molar-refractivity contribution in [1.82, 2.24) is 10.2 Å². The molecular formula is C19H21FN2O2S. The molecule has 2 amide bonds. The van der Waals surface area contributed by atoms with Gasteiger partial charge in [0.05, 0.1) is 4.88 Å². The van der Waals surface area contributed by atoms with Crippen LogP contribution in [0.5, 0.6) is 0 Å². The van der Waals surface area contributed by atoms with Crippen molar-refractivity contribution in [3.05, 3.63) is 57.8 Å². The van der Waals surface area contributed by atoms with Gasteiger partial charge in [-0.2, -0.15) is 0 Å². The molecule has 0 unspecified atom stereocenters. The van der Waals surface area contributed by atoms with E-state index in [4.69, 9.17) is 0 Å². The summed E-state index contributed by atoms with van der Waals surface area (Å²) in [5.41, 5.74) is -0.975. The minimum Gasteiger partial charge on any atom is -0.349 e. The molecule has 3 rings (SSSR count). The summed E-state index contributed by atoms with van der Waals surface area (Å²) in [6.45, 7) is 2.76. The normalized spacial score (nSPS) is 16.5. The zero-order valence-electron chi connectivity index (χ0n) is 14.1. The van der Waals surface area contributed by atoms with Crippen molar-refractivity contribution in [2.24, 2.45) is 0 Å². The van der Waals surface area contributed by atoms with E-state index in [1.165, 1.54) is 11.3 Å². The zero-order chi connectivity index (χ0) is 17.9. The highest BCUT2D eigenvalue weighted by atomic mass is 32.1. The fourth-order valence-corrected chi connectivity index (χ4v) is 3.77. The molecule has 1 aliphatic heterocycles. The van der Waals surface area contributed by atoms with Crippen molar-refractivity contribution < 1.29 is 14.0 Å². The summed E-state index contributed by atoms with van der Waals surface area (Å²) < 4.78 is 15.0. The van der Waals surface area contributed by atoms with Gasteiger partial charge < -0.3 is 10.2 Å². The van der Waals surface area contributed by atoms with Gasteiger partial charge in [-0.3, -0.25) is 9.59 Å². The number of alkyl halides is 1. The first-order valence-corrected chi connectivity index (χ1v) is 9.16. The Hall–Kier alpha value is -2.21. The van der Waals surface area contributed by atoms with Crippen molar-refractivity contribution in [3.8, 4) is 0 Å². The molecule has 1 aromatic heterocycles. The number of rotatable bonds is 4. The van der Waals surface area contributed by atoms with Crippen LogP contribution >= 0.6 is 11.3 Å². The number of piperidine rings is 1. The summed E-state index contributed by atoms with van der Waals surface area (Å²) in [5, 5.41) is 2.67. The highest BCUT2D eigenvalue weighted by Gasteiger charge is 2.42. The molecular weight excluding hydrogens is 339 g/mol. The standard InChI is InChI=1S/C19H21FN2O2S/c1-14-7-8-16(25-14)17(23)22-11-9-19(20,10-12-22)18(24)21-13-15-5-3-2-4-6-15/h2-8H,9-13H2,1H3,(H,21,24). The lowest BCUT2D eigenvalue weighted by atomic mass is 9.92. The van der Waals surface area contributed by atoms with Gasteiger partial charge in [0.25, 0.3) is 11.8 Å². The predicted molar refractivity (Wildman–Crippen MR) is 96.3 cm³/mol. The molecule has 2 aromatic rings. The second-order valence-electron chi connectivity index (χ2n) is 6.34. The second-order valence-corrected chi connectivity index (χ2v) is 7.62. The molecule has 0 aliphatic carbocycles. The molecule has 0 bridgehead atoms. The van der Waals surface area contributed by atoms with E-state index in [1.54, 1.807) is 11.0 Å². The first-order valence-electron chi connectivity index (χ1n) is 8.35. The third-order valence-electron chi connectivity index (χ3n) is 4.50.